The molecule has 1 fully saturated rings. The van der Waals surface area contributed by atoms with Crippen molar-refractivity contribution < 1.29 is 9.53 Å². The average molecular weight is 359 g/mol. The first-order valence-corrected chi connectivity index (χ1v) is 8.67. The van der Waals surface area contributed by atoms with Crippen molar-refractivity contribution in [3.63, 3.8) is 0 Å². The van der Waals surface area contributed by atoms with Crippen LogP contribution in [-0.4, -0.2) is 36.6 Å². The van der Waals surface area contributed by atoms with Gasteiger partial charge in [-0.15, -0.1) is 0 Å². The van der Waals surface area contributed by atoms with Crippen LogP contribution in [0, 0.1) is 0 Å². The Bertz CT molecular complexity index is 464. The SMILES string of the molecule is CCOc1ccc(Br)cc1NC(=O)CC1CSCCN1. The standard InChI is InChI=1S/C14H19BrN2O2S/c1-2-19-13-4-3-10(15)7-12(13)17-14(18)8-11-9-20-6-5-16-11/h3-4,7,11,16H,2,5-6,8-9H2,1H3,(H,17,18). The summed E-state index contributed by atoms with van der Waals surface area (Å²) in [6.07, 6.45) is 0.491. The second-order valence-corrected chi connectivity index (χ2v) is 6.62. The number of nitrogens with one attached hydrogen (secondary N) is 2. The number of ether oxygens (including phenoxy) is 1. The molecule has 0 aliphatic carbocycles. The minimum absolute atomic E-state index is 0.0176. The molecule has 0 spiro atoms. The Morgan fingerprint density at radius 1 is 1.60 bits per heavy atom. The van der Waals surface area contributed by atoms with Crippen molar-refractivity contribution in [1.82, 2.24) is 5.32 Å². The van der Waals surface area contributed by atoms with Gasteiger partial charge in [-0.1, -0.05) is 15.9 Å². The van der Waals surface area contributed by atoms with Crippen molar-refractivity contribution in [1.29, 1.82) is 0 Å². The van der Waals surface area contributed by atoms with Crippen LogP contribution in [0.15, 0.2) is 22.7 Å². The van der Waals surface area contributed by atoms with Crippen molar-refractivity contribution in [3.8, 4) is 5.75 Å². The molecule has 1 atom stereocenters. The van der Waals surface area contributed by atoms with Crippen LogP contribution in [0.4, 0.5) is 5.69 Å². The van der Waals surface area contributed by atoms with Gasteiger partial charge in [0.1, 0.15) is 5.75 Å². The molecule has 0 aromatic heterocycles. The van der Waals surface area contributed by atoms with Gasteiger partial charge in [0.15, 0.2) is 0 Å². The van der Waals surface area contributed by atoms with Crippen LogP contribution < -0.4 is 15.4 Å². The van der Waals surface area contributed by atoms with E-state index in [1.54, 1.807) is 0 Å². The zero-order valence-electron chi connectivity index (χ0n) is 11.4. The van der Waals surface area contributed by atoms with Gasteiger partial charge in [-0.2, -0.15) is 11.8 Å². The van der Waals surface area contributed by atoms with Gasteiger partial charge in [-0.25, -0.2) is 0 Å². The van der Waals surface area contributed by atoms with Crippen molar-refractivity contribution in [2.24, 2.45) is 0 Å². The van der Waals surface area contributed by atoms with Crippen LogP contribution in [0.5, 0.6) is 5.75 Å². The first kappa shape index (κ1) is 15.7. The summed E-state index contributed by atoms with van der Waals surface area (Å²) in [7, 11) is 0. The Balaban J connectivity index is 1.97. The second-order valence-electron chi connectivity index (χ2n) is 4.55. The number of hydrogen-bond acceptors (Lipinski definition) is 4. The number of anilines is 1. The maximum atomic E-state index is 12.1. The molecule has 2 rings (SSSR count). The van der Waals surface area contributed by atoms with E-state index in [0.717, 1.165) is 28.2 Å². The highest BCUT2D eigenvalue weighted by Crippen LogP contribution is 2.28. The van der Waals surface area contributed by atoms with Crippen LogP contribution in [-0.2, 0) is 4.79 Å². The second kappa shape index (κ2) is 7.90. The number of carbonyl (C=O) groups is 1. The van der Waals surface area contributed by atoms with E-state index in [9.17, 15) is 4.79 Å². The number of rotatable bonds is 5. The van der Waals surface area contributed by atoms with Crippen molar-refractivity contribution in [2.45, 2.75) is 19.4 Å². The Labute approximate surface area is 132 Å². The van der Waals surface area contributed by atoms with Gasteiger partial charge in [0.25, 0.3) is 0 Å². The van der Waals surface area contributed by atoms with E-state index in [1.807, 2.05) is 36.9 Å². The van der Waals surface area contributed by atoms with E-state index in [4.69, 9.17) is 4.74 Å². The van der Waals surface area contributed by atoms with Gasteiger partial charge >= 0.3 is 0 Å². The predicted molar refractivity (Wildman–Crippen MR) is 87.7 cm³/mol. The summed E-state index contributed by atoms with van der Waals surface area (Å²) >= 11 is 5.30. The summed E-state index contributed by atoms with van der Waals surface area (Å²) in [5.74, 6) is 2.83. The van der Waals surface area contributed by atoms with Crippen LogP contribution in [0.3, 0.4) is 0 Å². The van der Waals surface area contributed by atoms with Gasteiger partial charge in [0.05, 0.1) is 12.3 Å². The Hall–Kier alpha value is -0.720. The molecule has 1 unspecified atom stereocenters. The smallest absolute Gasteiger partial charge is 0.226 e. The van der Waals surface area contributed by atoms with E-state index < -0.39 is 0 Å². The predicted octanol–water partition coefficient (Wildman–Crippen LogP) is 2.88. The van der Waals surface area contributed by atoms with Crippen LogP contribution >= 0.6 is 27.7 Å². The van der Waals surface area contributed by atoms with Crippen LogP contribution in [0.2, 0.25) is 0 Å². The molecule has 1 aromatic rings. The molecular formula is C14H19BrN2O2S. The van der Waals surface area contributed by atoms with Gasteiger partial charge in [0.2, 0.25) is 5.91 Å². The number of halogens is 1. The minimum atomic E-state index is 0.0176. The fourth-order valence-corrected chi connectivity index (χ4v) is 3.37. The number of hydrogen-bond donors (Lipinski definition) is 2. The molecule has 4 nitrogen and oxygen atoms in total. The summed E-state index contributed by atoms with van der Waals surface area (Å²) in [5, 5.41) is 6.31. The monoisotopic (exact) mass is 358 g/mol. The molecule has 0 saturated carbocycles. The highest BCUT2D eigenvalue weighted by Gasteiger charge is 2.17. The molecule has 1 aliphatic rings. The summed E-state index contributed by atoms with van der Waals surface area (Å²) in [4.78, 5) is 12.1. The van der Waals surface area contributed by atoms with Crippen molar-refractivity contribution in [3.05, 3.63) is 22.7 Å². The molecule has 1 aliphatic heterocycles. The number of benzene rings is 1. The molecule has 1 amide bonds. The summed E-state index contributed by atoms with van der Waals surface area (Å²) < 4.78 is 6.45. The van der Waals surface area contributed by atoms with Crippen LogP contribution in [0.1, 0.15) is 13.3 Å². The normalized spacial score (nSPS) is 18.6. The zero-order valence-corrected chi connectivity index (χ0v) is 13.9. The summed E-state index contributed by atoms with van der Waals surface area (Å²) in [6, 6.07) is 5.89. The summed E-state index contributed by atoms with van der Waals surface area (Å²) in [5.41, 5.74) is 0.717. The van der Waals surface area contributed by atoms with Gasteiger partial charge in [-0.05, 0) is 25.1 Å². The lowest BCUT2D eigenvalue weighted by Crippen LogP contribution is -2.39. The highest BCUT2D eigenvalue weighted by atomic mass is 79.9. The van der Waals surface area contributed by atoms with Crippen molar-refractivity contribution >= 4 is 39.3 Å². The first-order valence-electron chi connectivity index (χ1n) is 6.72. The zero-order chi connectivity index (χ0) is 14.4. The quantitative estimate of drug-likeness (QED) is 0.849. The van der Waals surface area contributed by atoms with E-state index in [2.05, 4.69) is 26.6 Å². The molecule has 110 valence electrons. The van der Waals surface area contributed by atoms with Gasteiger partial charge < -0.3 is 15.4 Å². The summed E-state index contributed by atoms with van der Waals surface area (Å²) in [6.45, 7) is 3.48. The first-order chi connectivity index (χ1) is 9.69. The lowest BCUT2D eigenvalue weighted by atomic mass is 10.2. The third-order valence-corrected chi connectivity index (χ3v) is 4.57. The molecule has 1 saturated heterocycles. The molecule has 2 N–H and O–H groups in total. The maximum Gasteiger partial charge on any atom is 0.226 e. The van der Waals surface area contributed by atoms with E-state index in [-0.39, 0.29) is 11.9 Å². The van der Waals surface area contributed by atoms with E-state index in [1.165, 1.54) is 0 Å². The Morgan fingerprint density at radius 3 is 3.15 bits per heavy atom. The molecule has 1 aromatic carbocycles. The molecule has 20 heavy (non-hydrogen) atoms. The third-order valence-electron chi connectivity index (χ3n) is 2.95. The topological polar surface area (TPSA) is 50.4 Å². The minimum Gasteiger partial charge on any atom is -0.492 e. The molecule has 6 heteroatoms. The fourth-order valence-electron chi connectivity index (χ4n) is 2.06. The highest BCUT2D eigenvalue weighted by molar-refractivity contribution is 9.10. The average Bonchev–Trinajstić information content (AvgIpc) is 2.43. The number of thioether (sulfide) groups is 1. The molecule has 0 bridgehead atoms. The van der Waals surface area contributed by atoms with Crippen LogP contribution in [0.25, 0.3) is 0 Å². The van der Waals surface area contributed by atoms with Gasteiger partial charge in [0, 0.05) is 35.0 Å². The van der Waals surface area contributed by atoms with Crippen molar-refractivity contribution in [2.75, 3.05) is 30.0 Å². The third kappa shape index (κ3) is 4.68. The number of amides is 1. The molecule has 0 radical (unpaired) electrons. The van der Waals surface area contributed by atoms with E-state index in [0.29, 0.717) is 18.8 Å². The van der Waals surface area contributed by atoms with Gasteiger partial charge in [-0.3, -0.25) is 4.79 Å². The largest absolute Gasteiger partial charge is 0.492 e. The Kier molecular flexibility index (Phi) is 6.19. The Morgan fingerprint density at radius 2 is 2.45 bits per heavy atom. The lowest BCUT2D eigenvalue weighted by molar-refractivity contribution is -0.116. The number of carbonyl (C=O) groups excluding carboxylic acids is 1. The molecular weight excluding hydrogens is 340 g/mol. The van der Waals surface area contributed by atoms with E-state index >= 15 is 0 Å². The lowest BCUT2D eigenvalue weighted by Gasteiger charge is -2.22. The maximum absolute atomic E-state index is 12.1. The fraction of sp³-hybridized carbons (Fsp3) is 0.500. The molecule has 1 heterocycles.